The zero-order valence-corrected chi connectivity index (χ0v) is 11.8. The fraction of sp³-hybridized carbons (Fsp3) is 0.312. The minimum atomic E-state index is 0.641. The molecular weight excluding hydrogens is 252 g/mol. The van der Waals surface area contributed by atoms with Gasteiger partial charge in [-0.15, -0.1) is 11.3 Å². The van der Waals surface area contributed by atoms with Crippen molar-refractivity contribution in [2.45, 2.75) is 32.2 Å². The summed E-state index contributed by atoms with van der Waals surface area (Å²) < 4.78 is 2.46. The van der Waals surface area contributed by atoms with E-state index in [4.69, 9.17) is 4.98 Å². The Morgan fingerprint density at radius 1 is 1.26 bits per heavy atom. The van der Waals surface area contributed by atoms with Crippen LogP contribution in [0.2, 0.25) is 0 Å². The van der Waals surface area contributed by atoms with E-state index in [9.17, 15) is 0 Å². The van der Waals surface area contributed by atoms with E-state index in [0.29, 0.717) is 6.04 Å². The van der Waals surface area contributed by atoms with Crippen molar-refractivity contribution in [2.75, 3.05) is 0 Å². The molecule has 0 saturated heterocycles. The van der Waals surface area contributed by atoms with Gasteiger partial charge in [-0.25, -0.2) is 4.98 Å². The molecule has 4 rings (SSSR count). The van der Waals surface area contributed by atoms with Gasteiger partial charge >= 0.3 is 0 Å². The summed E-state index contributed by atoms with van der Waals surface area (Å²) in [6.07, 6.45) is 3.92. The maximum Gasteiger partial charge on any atom is 0.142 e. The van der Waals surface area contributed by atoms with Crippen molar-refractivity contribution >= 4 is 22.4 Å². The number of imidazole rings is 1. The van der Waals surface area contributed by atoms with Gasteiger partial charge in [0.25, 0.3) is 0 Å². The molecule has 0 atom stereocenters. The third-order valence-corrected chi connectivity index (χ3v) is 4.89. The summed E-state index contributed by atoms with van der Waals surface area (Å²) in [4.78, 5) is 6.22. The minimum absolute atomic E-state index is 0.641. The molecule has 0 aliphatic heterocycles. The van der Waals surface area contributed by atoms with Crippen molar-refractivity contribution in [3.05, 3.63) is 40.6 Å². The highest BCUT2D eigenvalue weighted by Gasteiger charge is 2.25. The van der Waals surface area contributed by atoms with Gasteiger partial charge in [-0.2, -0.15) is 0 Å². The topological polar surface area (TPSA) is 17.8 Å². The van der Waals surface area contributed by atoms with Gasteiger partial charge in [-0.05, 0) is 44.4 Å². The number of hydrogen-bond donors (Lipinski definition) is 0. The largest absolute Gasteiger partial charge is 0.321 e. The van der Waals surface area contributed by atoms with Crippen LogP contribution in [0.5, 0.6) is 0 Å². The Morgan fingerprint density at radius 2 is 2.11 bits per heavy atom. The third-order valence-electron chi connectivity index (χ3n) is 4.02. The second-order valence-corrected chi connectivity index (χ2v) is 6.44. The molecule has 1 saturated carbocycles. The first-order chi connectivity index (χ1) is 9.33. The van der Waals surface area contributed by atoms with E-state index < -0.39 is 0 Å². The average Bonchev–Trinajstić information content (AvgIpc) is 2.92. The maximum absolute atomic E-state index is 4.87. The van der Waals surface area contributed by atoms with Gasteiger partial charge in [0.1, 0.15) is 5.82 Å². The number of aryl methyl sites for hydroxylation is 1. The van der Waals surface area contributed by atoms with Crippen LogP contribution >= 0.6 is 11.3 Å². The summed E-state index contributed by atoms with van der Waals surface area (Å²) in [6, 6.07) is 11.4. The predicted molar refractivity (Wildman–Crippen MR) is 80.7 cm³/mol. The van der Waals surface area contributed by atoms with Crippen LogP contribution in [0.25, 0.3) is 22.4 Å². The van der Waals surface area contributed by atoms with Crippen LogP contribution < -0.4 is 0 Å². The van der Waals surface area contributed by atoms with Crippen molar-refractivity contribution in [1.29, 1.82) is 0 Å². The molecule has 3 aromatic rings. The molecule has 0 N–H and O–H groups in total. The lowest BCUT2D eigenvalue weighted by molar-refractivity contribution is 0.323. The molecule has 96 valence electrons. The quantitative estimate of drug-likeness (QED) is 0.653. The van der Waals surface area contributed by atoms with Gasteiger partial charge in [0.2, 0.25) is 0 Å². The van der Waals surface area contributed by atoms with Gasteiger partial charge in [-0.1, -0.05) is 12.1 Å². The van der Waals surface area contributed by atoms with Crippen molar-refractivity contribution in [3.8, 4) is 11.4 Å². The number of fused-ring (bicyclic) bond motifs is 1. The number of aromatic nitrogens is 2. The van der Waals surface area contributed by atoms with Crippen LogP contribution in [0.3, 0.4) is 0 Å². The van der Waals surface area contributed by atoms with Crippen molar-refractivity contribution in [3.63, 3.8) is 0 Å². The highest BCUT2D eigenvalue weighted by Crippen LogP contribution is 2.39. The second kappa shape index (κ2) is 4.20. The molecule has 1 aliphatic rings. The number of para-hydroxylation sites is 2. The van der Waals surface area contributed by atoms with E-state index in [-0.39, 0.29) is 0 Å². The van der Waals surface area contributed by atoms with Crippen molar-refractivity contribution in [2.24, 2.45) is 0 Å². The van der Waals surface area contributed by atoms with Gasteiger partial charge in [0, 0.05) is 21.9 Å². The summed E-state index contributed by atoms with van der Waals surface area (Å²) in [5.74, 6) is 1.15. The first kappa shape index (κ1) is 11.2. The third kappa shape index (κ3) is 1.72. The lowest BCUT2D eigenvalue weighted by Crippen LogP contribution is -2.17. The highest BCUT2D eigenvalue weighted by atomic mass is 32.1. The summed E-state index contributed by atoms with van der Waals surface area (Å²) in [5, 5.41) is 2.23. The second-order valence-electron chi connectivity index (χ2n) is 5.32. The Morgan fingerprint density at radius 3 is 2.79 bits per heavy atom. The minimum Gasteiger partial charge on any atom is -0.321 e. The maximum atomic E-state index is 4.87. The van der Waals surface area contributed by atoms with Crippen LogP contribution in [-0.4, -0.2) is 9.55 Å². The molecule has 0 amide bonds. The lowest BCUT2D eigenvalue weighted by Gasteiger charge is -2.29. The van der Waals surface area contributed by atoms with E-state index in [0.717, 1.165) is 11.3 Å². The van der Waals surface area contributed by atoms with Crippen molar-refractivity contribution in [1.82, 2.24) is 9.55 Å². The average molecular weight is 268 g/mol. The molecule has 19 heavy (non-hydrogen) atoms. The van der Waals surface area contributed by atoms with Gasteiger partial charge in [-0.3, -0.25) is 0 Å². The van der Waals surface area contributed by atoms with Crippen LogP contribution in [0.4, 0.5) is 0 Å². The molecule has 1 aromatic carbocycles. The Labute approximate surface area is 116 Å². The zero-order chi connectivity index (χ0) is 12.8. The monoisotopic (exact) mass is 268 g/mol. The molecule has 0 spiro atoms. The van der Waals surface area contributed by atoms with E-state index >= 15 is 0 Å². The van der Waals surface area contributed by atoms with Crippen LogP contribution in [-0.2, 0) is 0 Å². The lowest BCUT2D eigenvalue weighted by atomic mass is 9.92. The molecule has 2 heterocycles. The van der Waals surface area contributed by atoms with Crippen LogP contribution in [0.15, 0.2) is 35.7 Å². The number of hydrogen-bond acceptors (Lipinski definition) is 2. The molecule has 3 heteroatoms. The smallest absolute Gasteiger partial charge is 0.142 e. The summed E-state index contributed by atoms with van der Waals surface area (Å²) in [6.45, 7) is 2.16. The van der Waals surface area contributed by atoms with Gasteiger partial charge < -0.3 is 4.57 Å². The normalized spacial score (nSPS) is 15.8. The van der Waals surface area contributed by atoms with E-state index in [1.54, 1.807) is 11.3 Å². The molecule has 0 bridgehead atoms. The Balaban J connectivity index is 1.98. The SMILES string of the molecule is Cc1cc(-c2nc3ccccc3n2C2CCC2)cs1. The molecule has 0 radical (unpaired) electrons. The van der Waals surface area contributed by atoms with Crippen molar-refractivity contribution < 1.29 is 0 Å². The number of nitrogens with zero attached hydrogens (tertiary/aromatic N) is 2. The summed E-state index contributed by atoms with van der Waals surface area (Å²) in [5.41, 5.74) is 3.67. The van der Waals surface area contributed by atoms with E-state index in [1.807, 2.05) is 0 Å². The predicted octanol–water partition coefficient (Wildman–Crippen LogP) is 4.80. The van der Waals surface area contributed by atoms with Gasteiger partial charge in [0.15, 0.2) is 0 Å². The molecule has 1 fully saturated rings. The standard InChI is InChI=1S/C16H16N2S/c1-11-9-12(10-19-11)16-17-14-7-2-3-8-15(14)18(16)13-5-4-6-13/h2-3,7-10,13H,4-6H2,1H3. The van der Waals surface area contributed by atoms with Crippen LogP contribution in [0.1, 0.15) is 30.2 Å². The van der Waals surface area contributed by atoms with E-state index in [1.165, 1.54) is 35.2 Å². The summed E-state index contributed by atoms with van der Waals surface area (Å²) in [7, 11) is 0. The number of rotatable bonds is 2. The fourth-order valence-corrected chi connectivity index (χ4v) is 3.50. The Hall–Kier alpha value is -1.61. The zero-order valence-electron chi connectivity index (χ0n) is 11.0. The molecular formula is C16H16N2S. The molecule has 2 aromatic heterocycles. The summed E-state index contributed by atoms with van der Waals surface area (Å²) >= 11 is 1.80. The Kier molecular flexibility index (Phi) is 2.49. The molecule has 2 nitrogen and oxygen atoms in total. The van der Waals surface area contributed by atoms with E-state index in [2.05, 4.69) is 47.2 Å². The Bertz CT molecular complexity index is 734. The first-order valence-electron chi connectivity index (χ1n) is 6.85. The number of benzene rings is 1. The van der Waals surface area contributed by atoms with Gasteiger partial charge in [0.05, 0.1) is 11.0 Å². The molecule has 1 aliphatic carbocycles. The first-order valence-corrected chi connectivity index (χ1v) is 7.73. The number of thiophene rings is 1. The fourth-order valence-electron chi connectivity index (χ4n) is 2.82. The van der Waals surface area contributed by atoms with Crippen LogP contribution in [0, 0.1) is 6.92 Å². The molecule has 0 unspecified atom stereocenters. The highest BCUT2D eigenvalue weighted by molar-refractivity contribution is 7.10.